The Kier molecular flexibility index (Phi) is 3.40. The number of imidazole rings is 1. The molecule has 2 heterocycles. The lowest BCUT2D eigenvalue weighted by atomic mass is 10.3. The van der Waals surface area contributed by atoms with Crippen LogP contribution in [0.1, 0.15) is 11.4 Å². The Morgan fingerprint density at radius 2 is 2.00 bits per heavy atom. The molecule has 18 heavy (non-hydrogen) atoms. The number of anilines is 1. The average molecular weight is 331 g/mol. The van der Waals surface area contributed by atoms with E-state index in [9.17, 15) is 8.42 Å². The third-order valence-corrected chi connectivity index (χ3v) is 4.35. The Morgan fingerprint density at radius 3 is 2.56 bits per heavy atom. The van der Waals surface area contributed by atoms with Crippen LogP contribution in [0.3, 0.4) is 0 Å². The number of hydrogen-bond donors (Lipinski definition) is 2. The predicted molar refractivity (Wildman–Crippen MR) is 70.8 cm³/mol. The highest BCUT2D eigenvalue weighted by atomic mass is 79.9. The fraction of sp³-hybridized carbons (Fsp3) is 0.200. The molecule has 0 aliphatic heterocycles. The summed E-state index contributed by atoms with van der Waals surface area (Å²) >= 11 is 3.30. The summed E-state index contributed by atoms with van der Waals surface area (Å²) in [5.74, 6) is 0.804. The van der Waals surface area contributed by atoms with Gasteiger partial charge in [0, 0.05) is 10.7 Å². The van der Waals surface area contributed by atoms with Gasteiger partial charge < -0.3 is 4.98 Å². The van der Waals surface area contributed by atoms with Crippen molar-refractivity contribution in [1.82, 2.24) is 15.0 Å². The number of sulfonamides is 1. The number of nitrogens with one attached hydrogen (secondary N) is 2. The van der Waals surface area contributed by atoms with E-state index < -0.39 is 10.0 Å². The molecule has 0 saturated heterocycles. The van der Waals surface area contributed by atoms with Crippen LogP contribution in [0.5, 0.6) is 0 Å². The van der Waals surface area contributed by atoms with Gasteiger partial charge in [0.2, 0.25) is 0 Å². The first-order valence-electron chi connectivity index (χ1n) is 5.05. The van der Waals surface area contributed by atoms with Crippen LogP contribution in [0.2, 0.25) is 0 Å². The molecule has 0 spiro atoms. The summed E-state index contributed by atoms with van der Waals surface area (Å²) in [7, 11) is -3.67. The molecule has 2 N–H and O–H groups in total. The monoisotopic (exact) mass is 330 g/mol. The van der Waals surface area contributed by atoms with Gasteiger partial charge in [0.15, 0.2) is 5.03 Å². The molecule has 2 rings (SSSR count). The number of aryl methyl sites for hydroxylation is 2. The smallest absolute Gasteiger partial charge is 0.280 e. The normalized spacial score (nSPS) is 11.5. The number of aromatic nitrogens is 3. The average Bonchev–Trinajstić information content (AvgIpc) is 2.71. The highest BCUT2D eigenvalue weighted by Gasteiger charge is 2.17. The number of halogens is 1. The molecule has 0 aliphatic carbocycles. The summed E-state index contributed by atoms with van der Waals surface area (Å²) in [5.41, 5.74) is 0.892. The number of nitrogens with zero attached hydrogens (tertiary/aromatic N) is 2. The second kappa shape index (κ2) is 4.69. The molecular formula is C10H11BrN4O2S. The second-order valence-corrected chi connectivity index (χ2v) is 6.26. The van der Waals surface area contributed by atoms with E-state index in [0.29, 0.717) is 5.82 Å². The van der Waals surface area contributed by atoms with E-state index in [-0.39, 0.29) is 10.8 Å². The number of pyridine rings is 1. The number of rotatable bonds is 3. The van der Waals surface area contributed by atoms with Crippen LogP contribution in [0.4, 0.5) is 5.82 Å². The summed E-state index contributed by atoms with van der Waals surface area (Å²) in [6, 6.07) is 1.64. The van der Waals surface area contributed by atoms with E-state index in [1.54, 1.807) is 19.2 Å². The Labute approximate surface area is 113 Å². The SMILES string of the molecule is Cc1ncc(S(=O)(=O)Nc2cc(C)c(Br)cn2)[nH]1. The molecule has 6 nitrogen and oxygen atoms in total. The molecule has 0 aromatic carbocycles. The maximum atomic E-state index is 12.0. The third kappa shape index (κ3) is 2.70. The van der Waals surface area contributed by atoms with Crippen molar-refractivity contribution in [2.45, 2.75) is 18.9 Å². The summed E-state index contributed by atoms with van der Waals surface area (Å²) in [4.78, 5) is 10.5. The number of aromatic amines is 1. The van der Waals surface area contributed by atoms with Gasteiger partial charge in [-0.25, -0.2) is 9.97 Å². The van der Waals surface area contributed by atoms with E-state index >= 15 is 0 Å². The van der Waals surface area contributed by atoms with Crippen LogP contribution < -0.4 is 4.72 Å². The van der Waals surface area contributed by atoms with Gasteiger partial charge in [0.1, 0.15) is 11.6 Å². The Balaban J connectivity index is 2.30. The lowest BCUT2D eigenvalue weighted by molar-refractivity contribution is 0.598. The molecule has 0 saturated carbocycles. The number of H-pyrrole nitrogens is 1. The molecule has 2 aromatic heterocycles. The summed E-state index contributed by atoms with van der Waals surface area (Å²) in [6.45, 7) is 3.53. The minimum Gasteiger partial charge on any atom is -0.332 e. The van der Waals surface area contributed by atoms with Crippen molar-refractivity contribution in [2.75, 3.05) is 4.72 Å². The lowest BCUT2D eigenvalue weighted by Crippen LogP contribution is -2.14. The lowest BCUT2D eigenvalue weighted by Gasteiger charge is -2.06. The molecule has 0 atom stereocenters. The minimum atomic E-state index is -3.67. The van der Waals surface area contributed by atoms with Crippen molar-refractivity contribution >= 4 is 31.8 Å². The maximum Gasteiger partial charge on any atom is 0.280 e. The van der Waals surface area contributed by atoms with E-state index in [1.807, 2.05) is 6.92 Å². The highest BCUT2D eigenvalue weighted by molar-refractivity contribution is 9.10. The van der Waals surface area contributed by atoms with Crippen molar-refractivity contribution in [3.63, 3.8) is 0 Å². The Morgan fingerprint density at radius 1 is 1.28 bits per heavy atom. The first-order valence-corrected chi connectivity index (χ1v) is 7.33. The summed E-state index contributed by atoms with van der Waals surface area (Å²) < 4.78 is 27.2. The summed E-state index contributed by atoms with van der Waals surface area (Å²) in [5, 5.41) is 0.0161. The van der Waals surface area contributed by atoms with Gasteiger partial charge in [-0.1, -0.05) is 0 Å². The fourth-order valence-electron chi connectivity index (χ4n) is 1.32. The quantitative estimate of drug-likeness (QED) is 0.900. The van der Waals surface area contributed by atoms with E-state index in [0.717, 1.165) is 10.0 Å². The first-order chi connectivity index (χ1) is 8.38. The van der Waals surface area contributed by atoms with Gasteiger partial charge in [-0.05, 0) is 41.4 Å². The van der Waals surface area contributed by atoms with Gasteiger partial charge in [-0.15, -0.1) is 0 Å². The van der Waals surface area contributed by atoms with Crippen LogP contribution in [0, 0.1) is 13.8 Å². The molecule has 0 amide bonds. The minimum absolute atomic E-state index is 0.0161. The Bertz CT molecular complexity index is 681. The van der Waals surface area contributed by atoms with Crippen molar-refractivity contribution < 1.29 is 8.42 Å². The summed E-state index contributed by atoms with van der Waals surface area (Å²) in [6.07, 6.45) is 2.81. The maximum absolute atomic E-state index is 12.0. The van der Waals surface area contributed by atoms with Crippen LogP contribution in [-0.4, -0.2) is 23.4 Å². The molecule has 96 valence electrons. The van der Waals surface area contributed by atoms with Gasteiger partial charge in [-0.3, -0.25) is 4.72 Å². The van der Waals surface area contributed by atoms with Crippen molar-refractivity contribution in [1.29, 1.82) is 0 Å². The zero-order chi connectivity index (χ0) is 13.3. The fourth-order valence-corrected chi connectivity index (χ4v) is 2.51. The molecule has 0 fully saturated rings. The topological polar surface area (TPSA) is 87.7 Å². The molecule has 0 radical (unpaired) electrons. The van der Waals surface area contributed by atoms with Gasteiger partial charge >= 0.3 is 0 Å². The molecule has 0 unspecified atom stereocenters. The molecule has 2 aromatic rings. The van der Waals surface area contributed by atoms with Crippen molar-refractivity contribution in [2.24, 2.45) is 0 Å². The standard InChI is InChI=1S/C10H11BrN4O2S/c1-6-3-9(13-4-8(6)11)15-18(16,17)10-5-12-7(2)14-10/h3-5H,1-2H3,(H,12,14)(H,13,15). The zero-order valence-corrected chi connectivity index (χ0v) is 12.1. The van der Waals surface area contributed by atoms with Gasteiger partial charge in [0.05, 0.1) is 6.20 Å². The number of hydrogen-bond acceptors (Lipinski definition) is 4. The van der Waals surface area contributed by atoms with Crippen LogP contribution in [-0.2, 0) is 10.0 Å². The molecule has 0 bridgehead atoms. The van der Waals surface area contributed by atoms with E-state index in [4.69, 9.17) is 0 Å². The van der Waals surface area contributed by atoms with Crippen LogP contribution in [0.25, 0.3) is 0 Å². The molecular weight excluding hydrogens is 320 g/mol. The second-order valence-electron chi connectivity index (χ2n) is 3.76. The van der Waals surface area contributed by atoms with Crippen molar-refractivity contribution in [3.05, 3.63) is 34.3 Å². The van der Waals surface area contributed by atoms with Gasteiger partial charge in [-0.2, -0.15) is 8.42 Å². The Hall–Kier alpha value is -1.41. The molecule has 8 heteroatoms. The van der Waals surface area contributed by atoms with Crippen molar-refractivity contribution in [3.8, 4) is 0 Å². The first kappa shape index (κ1) is 13.0. The highest BCUT2D eigenvalue weighted by Crippen LogP contribution is 2.19. The largest absolute Gasteiger partial charge is 0.332 e. The van der Waals surface area contributed by atoms with E-state index in [2.05, 4.69) is 35.6 Å². The third-order valence-electron chi connectivity index (χ3n) is 2.25. The van der Waals surface area contributed by atoms with E-state index in [1.165, 1.54) is 6.20 Å². The van der Waals surface area contributed by atoms with Crippen LogP contribution in [0.15, 0.2) is 28.0 Å². The zero-order valence-electron chi connectivity index (χ0n) is 9.73. The van der Waals surface area contributed by atoms with Gasteiger partial charge in [0.25, 0.3) is 10.0 Å². The van der Waals surface area contributed by atoms with Crippen LogP contribution >= 0.6 is 15.9 Å². The predicted octanol–water partition coefficient (Wildman–Crippen LogP) is 1.98. The molecule has 0 aliphatic rings.